The van der Waals surface area contributed by atoms with Gasteiger partial charge in [-0.25, -0.2) is 9.78 Å². The molecule has 1 aliphatic carbocycles. The van der Waals surface area contributed by atoms with Crippen LogP contribution in [-0.4, -0.2) is 50.9 Å². The van der Waals surface area contributed by atoms with Crippen LogP contribution in [0.3, 0.4) is 0 Å². The van der Waals surface area contributed by atoms with Crippen molar-refractivity contribution in [3.8, 4) is 0 Å². The lowest BCUT2D eigenvalue weighted by atomic mass is 9.91. The van der Waals surface area contributed by atoms with E-state index in [0.29, 0.717) is 10.6 Å². The van der Waals surface area contributed by atoms with Crippen molar-refractivity contribution in [1.29, 1.82) is 0 Å². The molecule has 0 radical (unpaired) electrons. The normalized spacial score (nSPS) is 21.2. The van der Waals surface area contributed by atoms with Crippen molar-refractivity contribution in [3.63, 3.8) is 0 Å². The number of imidazole rings is 1. The summed E-state index contributed by atoms with van der Waals surface area (Å²) in [5.74, 6) is -1.38. The van der Waals surface area contributed by atoms with E-state index in [9.17, 15) is 14.4 Å². The van der Waals surface area contributed by atoms with E-state index < -0.39 is 17.4 Å². The number of halogens is 1. The van der Waals surface area contributed by atoms with Crippen LogP contribution in [0, 0.1) is 0 Å². The molecule has 2 aromatic rings. The second kappa shape index (κ2) is 8.94. The Bertz CT molecular complexity index is 1050. The molecule has 2 aliphatic rings. The molecule has 0 bridgehead atoms. The first-order valence-electron chi connectivity index (χ1n) is 10.8. The van der Waals surface area contributed by atoms with Crippen LogP contribution in [-0.2, 0) is 22.6 Å². The first-order chi connectivity index (χ1) is 15.3. The zero-order valence-electron chi connectivity index (χ0n) is 18.3. The molecule has 8 nitrogen and oxygen atoms in total. The summed E-state index contributed by atoms with van der Waals surface area (Å²) in [7, 11) is 1.24. The maximum absolute atomic E-state index is 13.7. The monoisotopic (exact) mass is 458 g/mol. The minimum atomic E-state index is -1.19. The molecule has 4 rings (SSSR count). The molecule has 0 unspecified atom stereocenters. The van der Waals surface area contributed by atoms with E-state index in [2.05, 4.69) is 10.3 Å². The first kappa shape index (κ1) is 22.3. The first-order valence-corrected chi connectivity index (χ1v) is 11.2. The van der Waals surface area contributed by atoms with E-state index in [4.69, 9.17) is 16.3 Å². The number of rotatable bonds is 5. The third kappa shape index (κ3) is 3.99. The summed E-state index contributed by atoms with van der Waals surface area (Å²) in [5.41, 5.74) is -0.413. The van der Waals surface area contributed by atoms with Gasteiger partial charge in [0.2, 0.25) is 5.91 Å². The molecule has 1 N–H and O–H groups in total. The van der Waals surface area contributed by atoms with Crippen LogP contribution in [0.4, 0.5) is 0 Å². The highest BCUT2D eigenvalue weighted by Crippen LogP contribution is 2.32. The van der Waals surface area contributed by atoms with E-state index in [1.807, 2.05) is 18.2 Å². The van der Waals surface area contributed by atoms with Gasteiger partial charge in [0.05, 0.1) is 20.0 Å². The van der Waals surface area contributed by atoms with Gasteiger partial charge in [-0.3, -0.25) is 9.59 Å². The molecular formula is C23H27ClN4O4. The number of carbonyl (C=O) groups is 3. The summed E-state index contributed by atoms with van der Waals surface area (Å²) in [6.07, 6.45) is 6.62. The fourth-order valence-corrected chi connectivity index (χ4v) is 4.76. The molecule has 2 amide bonds. The molecule has 0 spiro atoms. The van der Waals surface area contributed by atoms with Crippen molar-refractivity contribution in [2.45, 2.75) is 63.7 Å². The van der Waals surface area contributed by atoms with Crippen molar-refractivity contribution < 1.29 is 19.1 Å². The van der Waals surface area contributed by atoms with Gasteiger partial charge < -0.3 is 19.5 Å². The fraction of sp³-hybridized carbons (Fsp3) is 0.478. The number of fused-ring (bicyclic) bond motifs is 1. The standard InChI is InChI=1S/C23H27ClN4O4/c1-23(22(31)26-16-9-4-3-5-10-16)13-27-14-25-18(21(30)32-2)19(27)20(29)28(23)12-15-8-6-7-11-17(15)24/h6-8,11,14,16H,3-5,9-10,12-13H2,1-2H3,(H,26,31)/t23-/m0/s1. The topological polar surface area (TPSA) is 93.5 Å². The van der Waals surface area contributed by atoms with Crippen LogP contribution in [0.25, 0.3) is 0 Å². The lowest BCUT2D eigenvalue weighted by molar-refractivity contribution is -0.134. The van der Waals surface area contributed by atoms with E-state index in [0.717, 1.165) is 25.7 Å². The van der Waals surface area contributed by atoms with Crippen LogP contribution in [0.15, 0.2) is 30.6 Å². The average molecular weight is 459 g/mol. The molecule has 1 saturated carbocycles. The largest absolute Gasteiger partial charge is 0.464 e. The lowest BCUT2D eigenvalue weighted by Gasteiger charge is -2.44. The van der Waals surface area contributed by atoms with Crippen LogP contribution in [0.5, 0.6) is 0 Å². The molecule has 170 valence electrons. The molecule has 9 heteroatoms. The molecule has 1 aromatic heterocycles. The Labute approximate surface area is 191 Å². The number of carbonyl (C=O) groups excluding carboxylic acids is 3. The molecule has 32 heavy (non-hydrogen) atoms. The summed E-state index contributed by atoms with van der Waals surface area (Å²) in [4.78, 5) is 45.0. The van der Waals surface area contributed by atoms with Crippen molar-refractivity contribution in [3.05, 3.63) is 52.6 Å². The fourth-order valence-electron chi connectivity index (χ4n) is 4.57. The number of amides is 2. The Morgan fingerprint density at radius 2 is 1.97 bits per heavy atom. The molecule has 1 aliphatic heterocycles. The maximum Gasteiger partial charge on any atom is 0.359 e. The van der Waals surface area contributed by atoms with Crippen molar-refractivity contribution in [2.75, 3.05) is 7.11 Å². The predicted molar refractivity (Wildman–Crippen MR) is 118 cm³/mol. The summed E-state index contributed by atoms with van der Waals surface area (Å²) in [6, 6.07) is 7.31. The Morgan fingerprint density at radius 1 is 1.25 bits per heavy atom. The Kier molecular flexibility index (Phi) is 6.24. The third-order valence-electron chi connectivity index (χ3n) is 6.45. The zero-order chi connectivity index (χ0) is 22.9. The summed E-state index contributed by atoms with van der Waals surface area (Å²) >= 11 is 6.37. The van der Waals surface area contributed by atoms with E-state index in [1.54, 1.807) is 17.6 Å². The van der Waals surface area contributed by atoms with Gasteiger partial charge in [0, 0.05) is 17.6 Å². The highest BCUT2D eigenvalue weighted by atomic mass is 35.5. The molecule has 1 aromatic carbocycles. The minimum absolute atomic E-state index is 0.0589. The third-order valence-corrected chi connectivity index (χ3v) is 6.82. The van der Waals surface area contributed by atoms with Crippen molar-refractivity contribution in [2.24, 2.45) is 0 Å². The SMILES string of the molecule is COC(=O)c1ncn2c1C(=O)N(Cc1ccccc1Cl)[C@](C)(C(=O)NC1CCCCC1)C2. The van der Waals surface area contributed by atoms with Crippen molar-refractivity contribution >= 4 is 29.4 Å². The zero-order valence-corrected chi connectivity index (χ0v) is 19.0. The number of methoxy groups -OCH3 is 1. The molecule has 1 fully saturated rings. The number of hydrogen-bond acceptors (Lipinski definition) is 5. The molecule has 2 heterocycles. The van der Waals surface area contributed by atoms with Gasteiger partial charge in [0.1, 0.15) is 11.2 Å². The van der Waals surface area contributed by atoms with Crippen molar-refractivity contribution in [1.82, 2.24) is 19.8 Å². The van der Waals surface area contributed by atoms with Gasteiger partial charge in [0.25, 0.3) is 5.91 Å². The molecular weight excluding hydrogens is 432 g/mol. The van der Waals surface area contributed by atoms with Crippen LogP contribution in [0.1, 0.15) is 65.6 Å². The summed E-state index contributed by atoms with van der Waals surface area (Å²) in [5, 5.41) is 3.66. The van der Waals surface area contributed by atoms with E-state index in [1.165, 1.54) is 24.8 Å². The van der Waals surface area contributed by atoms with Gasteiger partial charge in [0.15, 0.2) is 5.69 Å². The Hall–Kier alpha value is -2.87. The van der Waals surface area contributed by atoms with Gasteiger partial charge in [-0.1, -0.05) is 49.1 Å². The second-order valence-electron chi connectivity index (χ2n) is 8.63. The molecule has 1 atom stereocenters. The van der Waals surface area contributed by atoms with E-state index in [-0.39, 0.29) is 36.4 Å². The van der Waals surface area contributed by atoms with Crippen LogP contribution >= 0.6 is 11.6 Å². The van der Waals surface area contributed by atoms with Crippen LogP contribution < -0.4 is 5.32 Å². The lowest BCUT2D eigenvalue weighted by Crippen LogP contribution is -2.64. The summed E-state index contributed by atoms with van der Waals surface area (Å²) in [6.45, 7) is 2.04. The number of esters is 1. The van der Waals surface area contributed by atoms with E-state index >= 15 is 0 Å². The highest BCUT2D eigenvalue weighted by Gasteiger charge is 2.49. The van der Waals surface area contributed by atoms with Gasteiger partial charge in [-0.15, -0.1) is 0 Å². The highest BCUT2D eigenvalue weighted by molar-refractivity contribution is 6.31. The average Bonchev–Trinajstić information content (AvgIpc) is 3.21. The number of aromatic nitrogens is 2. The quantitative estimate of drug-likeness (QED) is 0.694. The smallest absolute Gasteiger partial charge is 0.359 e. The van der Waals surface area contributed by atoms with Crippen LogP contribution in [0.2, 0.25) is 5.02 Å². The van der Waals surface area contributed by atoms with Gasteiger partial charge >= 0.3 is 5.97 Å². The number of benzene rings is 1. The second-order valence-corrected chi connectivity index (χ2v) is 9.03. The number of hydrogen-bond donors (Lipinski definition) is 1. The maximum atomic E-state index is 13.7. The Morgan fingerprint density at radius 3 is 2.66 bits per heavy atom. The predicted octanol–water partition coefficient (Wildman–Crippen LogP) is 3.19. The Balaban J connectivity index is 1.73. The number of nitrogens with one attached hydrogen (secondary N) is 1. The number of ether oxygens (including phenoxy) is 1. The van der Waals surface area contributed by atoms with Gasteiger partial charge in [-0.05, 0) is 31.4 Å². The minimum Gasteiger partial charge on any atom is -0.464 e. The number of nitrogens with zero attached hydrogens (tertiary/aromatic N) is 3. The molecule has 0 saturated heterocycles. The van der Waals surface area contributed by atoms with Gasteiger partial charge in [-0.2, -0.15) is 0 Å². The summed E-state index contributed by atoms with van der Waals surface area (Å²) < 4.78 is 6.36.